The Kier molecular flexibility index (Phi) is 9.51. The lowest BCUT2D eigenvalue weighted by Crippen LogP contribution is -2.71. The number of thioether (sulfide) groups is 3. The predicted molar refractivity (Wildman–Crippen MR) is 154 cm³/mol. The summed E-state index contributed by atoms with van der Waals surface area (Å²) in [4.78, 5) is 60.3. The maximum atomic E-state index is 13.3. The third-order valence-corrected chi connectivity index (χ3v) is 10.4. The highest BCUT2D eigenvalue weighted by molar-refractivity contribution is 8.01. The van der Waals surface area contributed by atoms with Crippen molar-refractivity contribution in [1.82, 2.24) is 35.4 Å². The zero-order valence-electron chi connectivity index (χ0n) is 22.0. The predicted octanol–water partition coefficient (Wildman–Crippen LogP) is 1.18. The molecule has 0 saturated carbocycles. The van der Waals surface area contributed by atoms with E-state index in [9.17, 15) is 37.5 Å². The third kappa shape index (κ3) is 6.71. The number of aliphatic carboxylic acids is 1. The van der Waals surface area contributed by atoms with Gasteiger partial charge in [0.15, 0.2) is 10.8 Å². The molecule has 0 aliphatic carbocycles. The second kappa shape index (κ2) is 13.2. The van der Waals surface area contributed by atoms with Gasteiger partial charge in [0.05, 0.1) is 6.54 Å². The molecule has 3 aliphatic rings. The molecule has 2 aromatic heterocycles. The van der Waals surface area contributed by atoms with Crippen LogP contribution in [0.25, 0.3) is 0 Å². The molecule has 2 saturated heterocycles. The van der Waals surface area contributed by atoms with Crippen LogP contribution >= 0.6 is 46.6 Å². The number of anilines is 1. The van der Waals surface area contributed by atoms with E-state index < -0.39 is 52.1 Å². The standard InChI is InChI=1S/C22H20F3N9O6S4/c1-2-3-33-21(29-31-32-33)44-5-9-4-42-17-13(16(36)34(17)14(9)18(37)38)27-15(35)12(30-40-10-6-41-7-10)11-8-43-20(26-11)28-19(39)22(23,24)25/h2,8,10,13,17H,1,3-7H2,(H,27,35)(H,37,38)(H,26,28,39)/t13?,17-/m1/s1. The summed E-state index contributed by atoms with van der Waals surface area (Å²) in [6.07, 6.45) is -3.85. The lowest BCUT2D eigenvalue weighted by atomic mass is 10.0. The van der Waals surface area contributed by atoms with Crippen LogP contribution in [0.3, 0.4) is 0 Å². The Morgan fingerprint density at radius 3 is 2.75 bits per heavy atom. The molecule has 15 nitrogen and oxygen atoms in total. The first kappa shape index (κ1) is 31.8. The average molecular weight is 692 g/mol. The number of carbonyl (C=O) groups is 4. The van der Waals surface area contributed by atoms with Gasteiger partial charge in [0.1, 0.15) is 28.9 Å². The van der Waals surface area contributed by atoms with Crippen LogP contribution in [-0.4, -0.2) is 111 Å². The molecule has 3 amide bonds. The number of allylic oxidation sites excluding steroid dienone is 1. The Hall–Kier alpha value is -3.63. The van der Waals surface area contributed by atoms with Crippen LogP contribution in [0.4, 0.5) is 18.3 Å². The monoisotopic (exact) mass is 691 g/mol. The lowest BCUT2D eigenvalue weighted by Gasteiger charge is -2.49. The van der Waals surface area contributed by atoms with Gasteiger partial charge in [0.2, 0.25) is 5.16 Å². The van der Waals surface area contributed by atoms with E-state index in [0.717, 1.165) is 4.90 Å². The number of carboxylic acid groups (broad SMARTS) is 1. The summed E-state index contributed by atoms with van der Waals surface area (Å²) in [6, 6.07) is -1.14. The van der Waals surface area contributed by atoms with E-state index in [0.29, 0.717) is 40.1 Å². The van der Waals surface area contributed by atoms with Crippen molar-refractivity contribution in [3.05, 3.63) is 35.0 Å². The Balaban J connectivity index is 1.30. The molecule has 234 valence electrons. The van der Waals surface area contributed by atoms with Crippen molar-refractivity contribution < 1.29 is 42.3 Å². The summed E-state index contributed by atoms with van der Waals surface area (Å²) in [5.41, 5.74) is -0.370. The number of thiazole rings is 1. The molecular weight excluding hydrogens is 672 g/mol. The van der Waals surface area contributed by atoms with Crippen LogP contribution in [-0.2, 0) is 30.6 Å². The first-order valence-corrected chi connectivity index (χ1v) is 16.4. The van der Waals surface area contributed by atoms with Gasteiger partial charge >= 0.3 is 18.1 Å². The zero-order chi connectivity index (χ0) is 31.6. The summed E-state index contributed by atoms with van der Waals surface area (Å²) in [6.45, 7) is 3.99. The number of hydrogen-bond donors (Lipinski definition) is 3. The first-order valence-electron chi connectivity index (χ1n) is 12.3. The number of carboxylic acids is 1. The van der Waals surface area contributed by atoms with E-state index in [1.165, 1.54) is 33.6 Å². The third-order valence-electron chi connectivity index (χ3n) is 6.05. The van der Waals surface area contributed by atoms with Crippen LogP contribution in [0.15, 0.2) is 39.6 Å². The minimum Gasteiger partial charge on any atom is -0.477 e. The fraction of sp³-hybridized carbons (Fsp3) is 0.409. The maximum absolute atomic E-state index is 13.3. The van der Waals surface area contributed by atoms with Gasteiger partial charge in [0, 0.05) is 28.4 Å². The van der Waals surface area contributed by atoms with Crippen LogP contribution in [0, 0.1) is 0 Å². The Bertz CT molecular complexity index is 1560. The van der Waals surface area contributed by atoms with Gasteiger partial charge in [-0.25, -0.2) is 14.5 Å². The van der Waals surface area contributed by atoms with E-state index in [-0.39, 0.29) is 29.0 Å². The Morgan fingerprint density at radius 1 is 1.32 bits per heavy atom. The number of β-lactam (4-membered cyclic amide) rings is 1. The molecule has 0 spiro atoms. The minimum atomic E-state index is -5.15. The van der Waals surface area contributed by atoms with Crippen LogP contribution in [0.5, 0.6) is 0 Å². The van der Waals surface area contributed by atoms with Crippen molar-refractivity contribution >= 4 is 81.2 Å². The molecule has 5 heterocycles. The molecular formula is C22H20F3N9O6S4. The molecule has 2 aromatic rings. The lowest BCUT2D eigenvalue weighted by molar-refractivity contribution is -0.167. The van der Waals surface area contributed by atoms with E-state index in [2.05, 4.69) is 37.6 Å². The summed E-state index contributed by atoms with van der Waals surface area (Å²) >= 11 is 4.64. The number of rotatable bonds is 12. The molecule has 5 rings (SSSR count). The number of fused-ring (bicyclic) bond motifs is 1. The number of aromatic nitrogens is 5. The van der Waals surface area contributed by atoms with E-state index in [1.807, 2.05) is 0 Å². The van der Waals surface area contributed by atoms with Gasteiger partial charge in [-0.15, -0.1) is 34.8 Å². The van der Waals surface area contributed by atoms with Crippen molar-refractivity contribution in [3.63, 3.8) is 0 Å². The highest BCUT2D eigenvalue weighted by Crippen LogP contribution is 2.41. The normalized spacial score (nSPS) is 20.4. The molecule has 3 N–H and O–H groups in total. The molecule has 2 atom stereocenters. The van der Waals surface area contributed by atoms with Gasteiger partial charge < -0.3 is 15.3 Å². The number of carbonyl (C=O) groups excluding carboxylic acids is 3. The second-order valence-corrected chi connectivity index (χ2v) is 13.0. The van der Waals surface area contributed by atoms with Gasteiger partial charge in [-0.3, -0.25) is 24.6 Å². The molecule has 2 fully saturated rings. The number of hydrogen-bond acceptors (Lipinski definition) is 14. The van der Waals surface area contributed by atoms with Crippen molar-refractivity contribution in [3.8, 4) is 0 Å². The van der Waals surface area contributed by atoms with Crippen LogP contribution in [0.1, 0.15) is 5.69 Å². The van der Waals surface area contributed by atoms with Crippen LogP contribution in [0.2, 0.25) is 0 Å². The summed E-state index contributed by atoms with van der Waals surface area (Å²) in [5, 5.41) is 29.7. The van der Waals surface area contributed by atoms with Crippen LogP contribution < -0.4 is 10.6 Å². The number of amides is 3. The van der Waals surface area contributed by atoms with Crippen molar-refractivity contribution in [2.75, 3.05) is 28.3 Å². The molecule has 3 aliphatic heterocycles. The number of nitrogens with zero attached hydrogens (tertiary/aromatic N) is 7. The molecule has 22 heteroatoms. The largest absolute Gasteiger partial charge is 0.477 e. The zero-order valence-corrected chi connectivity index (χ0v) is 25.3. The number of oxime groups is 1. The topological polar surface area (TPSA) is 194 Å². The second-order valence-electron chi connectivity index (χ2n) is 9.03. The first-order chi connectivity index (χ1) is 21.0. The molecule has 0 aromatic carbocycles. The smallest absolute Gasteiger partial charge is 0.471 e. The van der Waals surface area contributed by atoms with E-state index >= 15 is 0 Å². The van der Waals surface area contributed by atoms with Crippen molar-refractivity contribution in [2.24, 2.45) is 5.16 Å². The molecule has 1 unspecified atom stereocenters. The van der Waals surface area contributed by atoms with E-state index in [4.69, 9.17) is 4.84 Å². The maximum Gasteiger partial charge on any atom is 0.471 e. The average Bonchev–Trinajstić information content (AvgIpc) is 3.60. The van der Waals surface area contributed by atoms with Gasteiger partial charge in [-0.1, -0.05) is 23.0 Å². The Morgan fingerprint density at radius 2 is 2.09 bits per heavy atom. The number of nitrogens with one attached hydrogen (secondary N) is 2. The number of alkyl halides is 3. The van der Waals surface area contributed by atoms with Gasteiger partial charge in [-0.05, 0) is 16.0 Å². The fourth-order valence-electron chi connectivity index (χ4n) is 3.91. The number of tetrazole rings is 1. The van der Waals surface area contributed by atoms with Crippen molar-refractivity contribution in [2.45, 2.75) is 35.4 Å². The minimum absolute atomic E-state index is 0.185. The van der Waals surface area contributed by atoms with Gasteiger partial charge in [0.25, 0.3) is 11.8 Å². The number of halogens is 3. The quantitative estimate of drug-likeness (QED) is 0.0946. The highest BCUT2D eigenvalue weighted by Gasteiger charge is 2.54. The molecule has 0 radical (unpaired) electrons. The highest BCUT2D eigenvalue weighted by atomic mass is 32.2. The fourth-order valence-corrected chi connectivity index (χ4v) is 7.52. The summed E-state index contributed by atoms with van der Waals surface area (Å²) < 4.78 is 39.5. The SMILES string of the molecule is C=CCn1nnnc1SCC1=C(C(=O)O)N2C(=O)C(NC(=O)C(=NOC3CSC3)c3csc(NC(=O)C(F)(F)F)n3)[C@H]2SC1. The van der Waals surface area contributed by atoms with Gasteiger partial charge in [-0.2, -0.15) is 24.9 Å². The van der Waals surface area contributed by atoms with Crippen molar-refractivity contribution in [1.29, 1.82) is 0 Å². The summed E-state index contributed by atoms with van der Waals surface area (Å²) in [5.74, 6) is -3.55. The Labute approximate surface area is 262 Å². The molecule has 44 heavy (non-hydrogen) atoms. The summed E-state index contributed by atoms with van der Waals surface area (Å²) in [7, 11) is 0. The molecule has 0 bridgehead atoms. The van der Waals surface area contributed by atoms with E-state index in [1.54, 1.807) is 23.2 Å².